The lowest BCUT2D eigenvalue weighted by molar-refractivity contribution is -0.430. The normalized spacial score (nSPS) is 24.6. The summed E-state index contributed by atoms with van der Waals surface area (Å²) in [6.07, 6.45) is 7.51. The zero-order chi connectivity index (χ0) is 12.7. The van der Waals surface area contributed by atoms with E-state index in [1.54, 1.807) is 0 Å². The third-order valence-corrected chi connectivity index (χ3v) is 4.47. The van der Waals surface area contributed by atoms with Crippen LogP contribution in [0.3, 0.4) is 0 Å². The van der Waals surface area contributed by atoms with E-state index in [9.17, 15) is 0 Å². The van der Waals surface area contributed by atoms with Gasteiger partial charge in [-0.2, -0.15) is 0 Å². The van der Waals surface area contributed by atoms with Crippen LogP contribution < -0.4 is 5.73 Å². The first kappa shape index (κ1) is 11.8. The van der Waals surface area contributed by atoms with E-state index >= 15 is 0 Å². The van der Waals surface area contributed by atoms with E-state index in [0.29, 0.717) is 12.0 Å². The van der Waals surface area contributed by atoms with Gasteiger partial charge in [0.15, 0.2) is 0 Å². The molecule has 4 N–H and O–H groups in total. The van der Waals surface area contributed by atoms with Gasteiger partial charge in [-0.15, -0.1) is 0 Å². The van der Waals surface area contributed by atoms with Crippen LogP contribution in [0.15, 0.2) is 18.3 Å². The summed E-state index contributed by atoms with van der Waals surface area (Å²) in [6, 6.07) is 5.17. The second-order valence-electron chi connectivity index (χ2n) is 5.90. The molecule has 1 fully saturated rings. The van der Waals surface area contributed by atoms with Crippen molar-refractivity contribution in [2.24, 2.45) is 0 Å². The van der Waals surface area contributed by atoms with E-state index in [1.807, 2.05) is 0 Å². The summed E-state index contributed by atoms with van der Waals surface area (Å²) in [5.41, 5.74) is 9.90. The molecule has 2 aromatic rings. The Morgan fingerprint density at radius 1 is 1.17 bits per heavy atom. The molecule has 3 rings (SSSR count). The number of benzene rings is 1. The highest BCUT2D eigenvalue weighted by molar-refractivity contribution is 5.87. The number of fused-ring (bicyclic) bond motifs is 1. The van der Waals surface area contributed by atoms with Crippen molar-refractivity contribution in [1.29, 1.82) is 0 Å². The van der Waals surface area contributed by atoms with E-state index in [2.05, 4.69) is 42.9 Å². The van der Waals surface area contributed by atoms with Crippen LogP contribution in [0, 0.1) is 13.8 Å². The van der Waals surface area contributed by atoms with Crippen LogP contribution in [0.5, 0.6) is 0 Å². The molecule has 0 radical (unpaired) electrons. The Bertz CT molecular complexity index is 568. The summed E-state index contributed by atoms with van der Waals surface area (Å²) in [6.45, 7) is 4.38. The van der Waals surface area contributed by atoms with E-state index in [-0.39, 0.29) is 0 Å². The number of hydrogen-bond donors (Lipinski definition) is 2. The van der Waals surface area contributed by atoms with E-state index < -0.39 is 0 Å². The number of aryl methyl sites for hydroxylation is 2. The summed E-state index contributed by atoms with van der Waals surface area (Å²) < 4.78 is 0. The first-order chi connectivity index (χ1) is 8.66. The number of rotatable bonds is 1. The van der Waals surface area contributed by atoms with Gasteiger partial charge in [0.2, 0.25) is 0 Å². The van der Waals surface area contributed by atoms with Crippen LogP contribution >= 0.6 is 0 Å². The minimum absolute atomic E-state index is 0.582. The molecule has 0 amide bonds. The van der Waals surface area contributed by atoms with Gasteiger partial charge in [0.25, 0.3) is 0 Å². The first-order valence-electron chi connectivity index (χ1n) is 7.08. The molecule has 1 saturated carbocycles. The molecule has 1 aromatic heterocycles. The van der Waals surface area contributed by atoms with Crippen LogP contribution in [0.1, 0.15) is 48.3 Å². The van der Waals surface area contributed by atoms with Crippen molar-refractivity contribution < 1.29 is 5.73 Å². The van der Waals surface area contributed by atoms with Gasteiger partial charge in [0.05, 0.1) is 6.04 Å². The van der Waals surface area contributed by atoms with Gasteiger partial charge < -0.3 is 10.7 Å². The van der Waals surface area contributed by atoms with Crippen molar-refractivity contribution in [1.82, 2.24) is 4.98 Å². The molecule has 2 heteroatoms. The zero-order valence-electron chi connectivity index (χ0n) is 11.4. The monoisotopic (exact) mass is 243 g/mol. The molecule has 2 atom stereocenters. The van der Waals surface area contributed by atoms with Gasteiger partial charge in [-0.1, -0.05) is 18.1 Å². The molecule has 2 nitrogen and oxygen atoms in total. The Balaban J connectivity index is 2.11. The fraction of sp³-hybridized carbons (Fsp3) is 0.500. The van der Waals surface area contributed by atoms with Crippen molar-refractivity contribution in [3.8, 4) is 0 Å². The number of H-pyrrole nitrogens is 1. The molecule has 1 aromatic carbocycles. The maximum atomic E-state index is 4.37. The predicted octanol–water partition coefficient (Wildman–Crippen LogP) is 3.05. The van der Waals surface area contributed by atoms with E-state index in [4.69, 9.17) is 0 Å². The molecule has 0 spiro atoms. The van der Waals surface area contributed by atoms with Gasteiger partial charge in [-0.05, 0) is 50.3 Å². The molecule has 1 aliphatic rings. The molecule has 0 unspecified atom stereocenters. The average Bonchev–Trinajstić information content (AvgIpc) is 2.73. The summed E-state index contributed by atoms with van der Waals surface area (Å²) in [5.74, 6) is 0.647. The summed E-state index contributed by atoms with van der Waals surface area (Å²) in [4.78, 5) is 3.47. The fourth-order valence-corrected chi connectivity index (χ4v) is 3.54. The van der Waals surface area contributed by atoms with Crippen LogP contribution in [0.25, 0.3) is 10.9 Å². The van der Waals surface area contributed by atoms with Gasteiger partial charge in [0.1, 0.15) is 0 Å². The minimum Gasteiger partial charge on any atom is -0.361 e. The van der Waals surface area contributed by atoms with Gasteiger partial charge in [-0.25, -0.2) is 0 Å². The first-order valence-corrected chi connectivity index (χ1v) is 7.08. The standard InChI is InChI=1S/C16H22N2/c1-10-7-11(2)16-13(8-10)14(9-18-16)12-5-3-4-6-15(12)17/h7-9,12,15,18H,3-6,17H2,1-2H3/p+1/t12-,15+/m1/s1. The SMILES string of the molecule is Cc1cc(C)c2[nH]cc([C@H]3CCCC[C@@H]3[NH3+])c2c1. The average molecular weight is 243 g/mol. The van der Waals surface area contributed by atoms with Crippen molar-refractivity contribution in [2.75, 3.05) is 0 Å². The van der Waals surface area contributed by atoms with Crippen LogP contribution in [-0.4, -0.2) is 11.0 Å². The van der Waals surface area contributed by atoms with Gasteiger partial charge in [0, 0.05) is 23.0 Å². The highest BCUT2D eigenvalue weighted by Gasteiger charge is 2.28. The van der Waals surface area contributed by atoms with E-state index in [0.717, 1.165) is 0 Å². The molecular formula is C16H23N2+. The second-order valence-corrected chi connectivity index (χ2v) is 5.90. The van der Waals surface area contributed by atoms with Crippen molar-refractivity contribution >= 4 is 10.9 Å². The lowest BCUT2D eigenvalue weighted by Gasteiger charge is -2.25. The van der Waals surface area contributed by atoms with Gasteiger partial charge >= 0.3 is 0 Å². The van der Waals surface area contributed by atoms with Crippen LogP contribution in [0.4, 0.5) is 0 Å². The minimum atomic E-state index is 0.582. The molecule has 0 aliphatic heterocycles. The molecule has 0 bridgehead atoms. The third-order valence-electron chi connectivity index (χ3n) is 4.47. The molecular weight excluding hydrogens is 220 g/mol. The number of aromatic amines is 1. The Kier molecular flexibility index (Phi) is 2.90. The Labute approximate surface area is 109 Å². The Hall–Kier alpha value is -1.28. The molecule has 1 heterocycles. The molecule has 96 valence electrons. The Morgan fingerprint density at radius 2 is 1.94 bits per heavy atom. The maximum absolute atomic E-state index is 4.37. The van der Waals surface area contributed by atoms with Crippen LogP contribution in [0.2, 0.25) is 0 Å². The van der Waals surface area contributed by atoms with Crippen LogP contribution in [-0.2, 0) is 0 Å². The number of hydrogen-bond acceptors (Lipinski definition) is 0. The largest absolute Gasteiger partial charge is 0.361 e. The smallest absolute Gasteiger partial charge is 0.0913 e. The Morgan fingerprint density at radius 3 is 2.72 bits per heavy atom. The lowest BCUT2D eigenvalue weighted by Crippen LogP contribution is -2.64. The topological polar surface area (TPSA) is 43.4 Å². The number of nitrogens with one attached hydrogen (secondary N) is 1. The van der Waals surface area contributed by atoms with Gasteiger partial charge in [-0.3, -0.25) is 0 Å². The fourth-order valence-electron chi connectivity index (χ4n) is 3.54. The number of aromatic nitrogens is 1. The molecule has 1 aliphatic carbocycles. The summed E-state index contributed by atoms with van der Waals surface area (Å²) >= 11 is 0. The predicted molar refractivity (Wildman–Crippen MR) is 75.7 cm³/mol. The lowest BCUT2D eigenvalue weighted by atomic mass is 9.80. The second kappa shape index (κ2) is 4.43. The van der Waals surface area contributed by atoms with Crippen molar-refractivity contribution in [3.63, 3.8) is 0 Å². The summed E-state index contributed by atoms with van der Waals surface area (Å²) in [7, 11) is 0. The van der Waals surface area contributed by atoms with Crippen molar-refractivity contribution in [2.45, 2.75) is 51.5 Å². The number of quaternary nitrogens is 1. The van der Waals surface area contributed by atoms with E-state index in [1.165, 1.54) is 53.3 Å². The summed E-state index contributed by atoms with van der Waals surface area (Å²) in [5, 5.41) is 1.42. The maximum Gasteiger partial charge on any atom is 0.0913 e. The third kappa shape index (κ3) is 1.85. The van der Waals surface area contributed by atoms with Crippen molar-refractivity contribution in [3.05, 3.63) is 35.0 Å². The highest BCUT2D eigenvalue weighted by Crippen LogP contribution is 2.36. The zero-order valence-corrected chi connectivity index (χ0v) is 11.4. The molecule has 0 saturated heterocycles. The molecule has 18 heavy (non-hydrogen) atoms. The highest BCUT2D eigenvalue weighted by atomic mass is 14.7. The quantitative estimate of drug-likeness (QED) is 0.773.